The van der Waals surface area contributed by atoms with Gasteiger partial charge in [-0.3, -0.25) is 9.78 Å². The molecule has 6 nitrogen and oxygen atoms in total. The number of rotatable bonds is 3. The van der Waals surface area contributed by atoms with Gasteiger partial charge in [-0.1, -0.05) is 6.07 Å². The lowest BCUT2D eigenvalue weighted by atomic mass is 10.3. The fourth-order valence-corrected chi connectivity index (χ4v) is 1.31. The summed E-state index contributed by atoms with van der Waals surface area (Å²) in [5.41, 5.74) is 0.387. The number of nitrogens with one attached hydrogen (secondary N) is 1. The van der Waals surface area contributed by atoms with E-state index in [2.05, 4.69) is 15.3 Å². The number of carbonyl (C=O) groups excluding carboxylic acids is 1. The Balaban J connectivity index is 2.19. The number of carboxylic acid groups (broad SMARTS) is 1. The number of carbonyl (C=O) groups is 2. The summed E-state index contributed by atoms with van der Waals surface area (Å²) in [6.45, 7) is 0. The normalized spacial score (nSPS) is 9.78. The minimum atomic E-state index is -1.17. The van der Waals surface area contributed by atoms with Crippen LogP contribution in [0.25, 0.3) is 0 Å². The van der Waals surface area contributed by atoms with Gasteiger partial charge in [-0.15, -0.1) is 0 Å². The van der Waals surface area contributed by atoms with Gasteiger partial charge in [0.2, 0.25) is 0 Å². The van der Waals surface area contributed by atoms with Crippen molar-refractivity contribution in [1.29, 1.82) is 0 Å². The Hall–Kier alpha value is -2.76. The van der Waals surface area contributed by atoms with E-state index >= 15 is 0 Å². The van der Waals surface area contributed by atoms with Crippen LogP contribution in [-0.4, -0.2) is 27.0 Å². The number of aromatic carboxylic acids is 1. The van der Waals surface area contributed by atoms with Gasteiger partial charge in [0, 0.05) is 6.20 Å². The molecule has 0 bridgehead atoms. The molecule has 90 valence electrons. The molecule has 2 N–H and O–H groups in total. The largest absolute Gasteiger partial charge is 0.477 e. The zero-order valence-electron chi connectivity index (χ0n) is 9.20. The van der Waals surface area contributed by atoms with E-state index in [4.69, 9.17) is 5.11 Å². The third-order valence-electron chi connectivity index (χ3n) is 2.12. The van der Waals surface area contributed by atoms with Crippen LogP contribution in [0.3, 0.4) is 0 Å². The third-order valence-corrected chi connectivity index (χ3v) is 2.12. The highest BCUT2D eigenvalue weighted by Crippen LogP contribution is 2.06. The summed E-state index contributed by atoms with van der Waals surface area (Å²) < 4.78 is 0. The highest BCUT2D eigenvalue weighted by atomic mass is 16.4. The monoisotopic (exact) mass is 243 g/mol. The Morgan fingerprint density at radius 1 is 1.11 bits per heavy atom. The first-order valence-corrected chi connectivity index (χ1v) is 5.08. The maximum Gasteiger partial charge on any atom is 0.354 e. The number of aromatic nitrogens is 2. The van der Waals surface area contributed by atoms with Crippen LogP contribution in [0.15, 0.2) is 42.7 Å². The molecule has 0 saturated heterocycles. The number of hydrogen-bond donors (Lipinski definition) is 2. The Morgan fingerprint density at radius 3 is 2.56 bits per heavy atom. The van der Waals surface area contributed by atoms with Crippen LogP contribution in [0.1, 0.15) is 21.0 Å². The van der Waals surface area contributed by atoms with Gasteiger partial charge < -0.3 is 10.4 Å². The molecule has 0 atom stereocenters. The number of hydrogen-bond acceptors (Lipinski definition) is 4. The Bertz CT molecular complexity index is 584. The highest BCUT2D eigenvalue weighted by molar-refractivity contribution is 6.03. The average Bonchev–Trinajstić information content (AvgIpc) is 2.40. The Labute approximate surface area is 102 Å². The second kappa shape index (κ2) is 5.05. The molecule has 0 saturated carbocycles. The number of amides is 1. The predicted octanol–water partition coefficient (Wildman–Crippen LogP) is 1.43. The van der Waals surface area contributed by atoms with Crippen molar-refractivity contribution in [1.82, 2.24) is 9.97 Å². The van der Waals surface area contributed by atoms with Crippen LogP contribution < -0.4 is 5.32 Å². The molecule has 0 aliphatic carbocycles. The molecule has 0 aliphatic heterocycles. The van der Waals surface area contributed by atoms with Crippen LogP contribution in [0.5, 0.6) is 0 Å². The lowest BCUT2D eigenvalue weighted by Gasteiger charge is -2.04. The van der Waals surface area contributed by atoms with E-state index in [0.29, 0.717) is 5.69 Å². The minimum Gasteiger partial charge on any atom is -0.477 e. The van der Waals surface area contributed by atoms with E-state index < -0.39 is 11.9 Å². The number of pyridine rings is 2. The van der Waals surface area contributed by atoms with Crippen LogP contribution in [0.4, 0.5) is 5.69 Å². The molecular weight excluding hydrogens is 234 g/mol. The topological polar surface area (TPSA) is 92.2 Å². The van der Waals surface area contributed by atoms with Crippen molar-refractivity contribution in [2.24, 2.45) is 0 Å². The van der Waals surface area contributed by atoms with Gasteiger partial charge in [0.05, 0.1) is 11.9 Å². The third kappa shape index (κ3) is 2.67. The number of nitrogens with zero attached hydrogens (tertiary/aromatic N) is 2. The molecule has 2 heterocycles. The summed E-state index contributed by atoms with van der Waals surface area (Å²) in [4.78, 5) is 30.1. The second-order valence-electron chi connectivity index (χ2n) is 3.41. The molecule has 0 aromatic carbocycles. The SMILES string of the molecule is O=C(O)c1cccc(C(=O)Nc2cccnc2)n1. The van der Waals surface area contributed by atoms with Crippen molar-refractivity contribution in [3.05, 3.63) is 54.1 Å². The molecule has 2 aromatic rings. The van der Waals surface area contributed by atoms with Crippen LogP contribution >= 0.6 is 0 Å². The zero-order valence-corrected chi connectivity index (χ0v) is 9.20. The quantitative estimate of drug-likeness (QED) is 0.850. The molecule has 18 heavy (non-hydrogen) atoms. The Morgan fingerprint density at radius 2 is 1.89 bits per heavy atom. The van der Waals surface area contributed by atoms with Crippen molar-refractivity contribution >= 4 is 17.6 Å². The van der Waals surface area contributed by atoms with E-state index in [-0.39, 0.29) is 11.4 Å². The van der Waals surface area contributed by atoms with E-state index in [1.807, 2.05) is 0 Å². The molecule has 2 rings (SSSR count). The minimum absolute atomic E-state index is 0.0405. The van der Waals surface area contributed by atoms with Gasteiger partial charge >= 0.3 is 5.97 Å². The fourth-order valence-electron chi connectivity index (χ4n) is 1.31. The van der Waals surface area contributed by atoms with Crippen molar-refractivity contribution < 1.29 is 14.7 Å². The fraction of sp³-hybridized carbons (Fsp3) is 0. The van der Waals surface area contributed by atoms with Gasteiger partial charge in [-0.05, 0) is 24.3 Å². The highest BCUT2D eigenvalue weighted by Gasteiger charge is 2.11. The molecule has 0 unspecified atom stereocenters. The lowest BCUT2D eigenvalue weighted by molar-refractivity contribution is 0.0690. The van der Waals surface area contributed by atoms with Gasteiger partial charge in [-0.2, -0.15) is 0 Å². The molecule has 2 aromatic heterocycles. The first-order valence-electron chi connectivity index (χ1n) is 5.08. The van der Waals surface area contributed by atoms with Crippen molar-refractivity contribution in [3.8, 4) is 0 Å². The number of anilines is 1. The predicted molar refractivity (Wildman–Crippen MR) is 63.4 cm³/mol. The maximum atomic E-state index is 11.8. The van der Waals surface area contributed by atoms with Crippen molar-refractivity contribution in [2.75, 3.05) is 5.32 Å². The van der Waals surface area contributed by atoms with Gasteiger partial charge in [0.25, 0.3) is 5.91 Å². The second-order valence-corrected chi connectivity index (χ2v) is 3.41. The summed E-state index contributed by atoms with van der Waals surface area (Å²) in [6, 6.07) is 7.58. The van der Waals surface area contributed by atoms with Crippen LogP contribution in [0.2, 0.25) is 0 Å². The molecule has 0 fully saturated rings. The summed E-state index contributed by atoms with van der Waals surface area (Å²) >= 11 is 0. The van der Waals surface area contributed by atoms with Crippen LogP contribution in [-0.2, 0) is 0 Å². The maximum absolute atomic E-state index is 11.8. The first kappa shape index (κ1) is 11.7. The summed E-state index contributed by atoms with van der Waals surface area (Å²) in [7, 11) is 0. The van der Waals surface area contributed by atoms with E-state index in [1.165, 1.54) is 24.4 Å². The van der Waals surface area contributed by atoms with E-state index in [1.54, 1.807) is 18.3 Å². The van der Waals surface area contributed by atoms with E-state index in [0.717, 1.165) is 0 Å². The summed E-state index contributed by atoms with van der Waals surface area (Å²) in [5, 5.41) is 11.3. The molecule has 6 heteroatoms. The molecular formula is C12H9N3O3. The number of carboxylic acids is 1. The van der Waals surface area contributed by atoms with E-state index in [9.17, 15) is 9.59 Å². The standard InChI is InChI=1S/C12H9N3O3/c16-11(14-8-3-2-6-13-7-8)9-4-1-5-10(15-9)12(17)18/h1-7H,(H,14,16)(H,17,18). The summed E-state index contributed by atoms with van der Waals surface area (Å²) in [5.74, 6) is -1.66. The smallest absolute Gasteiger partial charge is 0.354 e. The molecule has 0 radical (unpaired) electrons. The summed E-state index contributed by atoms with van der Waals surface area (Å²) in [6.07, 6.45) is 3.07. The van der Waals surface area contributed by atoms with Crippen molar-refractivity contribution in [3.63, 3.8) is 0 Å². The van der Waals surface area contributed by atoms with Crippen LogP contribution in [0, 0.1) is 0 Å². The molecule has 0 spiro atoms. The first-order chi connectivity index (χ1) is 8.66. The lowest BCUT2D eigenvalue weighted by Crippen LogP contribution is -2.15. The van der Waals surface area contributed by atoms with Crippen molar-refractivity contribution in [2.45, 2.75) is 0 Å². The average molecular weight is 243 g/mol. The molecule has 0 aliphatic rings. The van der Waals surface area contributed by atoms with Gasteiger partial charge in [0.1, 0.15) is 11.4 Å². The Kier molecular flexibility index (Phi) is 3.29. The van der Waals surface area contributed by atoms with Gasteiger partial charge in [-0.25, -0.2) is 9.78 Å². The zero-order chi connectivity index (χ0) is 13.0. The molecule has 1 amide bonds. The van der Waals surface area contributed by atoms with Gasteiger partial charge in [0.15, 0.2) is 0 Å².